The second-order valence-electron chi connectivity index (χ2n) is 7.53. The Morgan fingerprint density at radius 2 is 1.84 bits per heavy atom. The summed E-state index contributed by atoms with van der Waals surface area (Å²) in [6, 6.07) is 18.7. The van der Waals surface area contributed by atoms with E-state index in [1.807, 2.05) is 48.5 Å². The molecule has 0 spiro atoms. The third kappa shape index (κ3) is 5.46. The van der Waals surface area contributed by atoms with Crippen molar-refractivity contribution in [2.24, 2.45) is 0 Å². The molecule has 1 aromatic carbocycles. The van der Waals surface area contributed by atoms with Crippen molar-refractivity contribution in [1.82, 2.24) is 15.3 Å². The van der Waals surface area contributed by atoms with Gasteiger partial charge in [-0.3, -0.25) is 9.78 Å². The smallest absolute Gasteiger partial charge is 0.255 e. The third-order valence-corrected chi connectivity index (χ3v) is 6.94. The SMILES string of the molecule is O=C(NC1CCS(=O)(=O)C1)c1ccc(-c2ccccc2)nc1NCCc1ccccn1. The van der Waals surface area contributed by atoms with Crippen LogP contribution in [0.25, 0.3) is 11.3 Å². The fourth-order valence-corrected chi connectivity index (χ4v) is 5.25. The van der Waals surface area contributed by atoms with Gasteiger partial charge in [0.2, 0.25) is 0 Å². The molecule has 8 heteroatoms. The molecule has 7 nitrogen and oxygen atoms in total. The van der Waals surface area contributed by atoms with Crippen LogP contribution in [0.3, 0.4) is 0 Å². The predicted molar refractivity (Wildman–Crippen MR) is 121 cm³/mol. The molecule has 1 fully saturated rings. The van der Waals surface area contributed by atoms with Gasteiger partial charge in [0.1, 0.15) is 5.82 Å². The quantitative estimate of drug-likeness (QED) is 0.591. The lowest BCUT2D eigenvalue weighted by Crippen LogP contribution is -2.36. The maximum absolute atomic E-state index is 12.9. The Balaban J connectivity index is 1.54. The lowest BCUT2D eigenvalue weighted by atomic mass is 10.1. The number of anilines is 1. The van der Waals surface area contributed by atoms with Crippen LogP contribution in [-0.2, 0) is 16.3 Å². The molecule has 31 heavy (non-hydrogen) atoms. The van der Waals surface area contributed by atoms with Gasteiger partial charge >= 0.3 is 0 Å². The molecule has 2 N–H and O–H groups in total. The Bertz CT molecular complexity index is 1150. The minimum atomic E-state index is -3.07. The standard InChI is InChI=1S/C23H24N4O3S/c28-23(26-19-12-15-31(29,30)16-19)20-9-10-21(17-6-2-1-3-7-17)27-22(20)25-14-11-18-8-4-5-13-24-18/h1-10,13,19H,11-12,14-16H2,(H,25,27)(H,26,28). The molecule has 1 aliphatic rings. The number of hydrogen-bond acceptors (Lipinski definition) is 6. The molecule has 1 unspecified atom stereocenters. The molecule has 4 rings (SSSR count). The monoisotopic (exact) mass is 436 g/mol. The summed E-state index contributed by atoms with van der Waals surface area (Å²) in [6.07, 6.45) is 2.87. The van der Waals surface area contributed by atoms with Gasteiger partial charge < -0.3 is 10.6 Å². The number of aromatic nitrogens is 2. The van der Waals surface area contributed by atoms with Crippen molar-refractivity contribution in [3.05, 3.63) is 78.1 Å². The van der Waals surface area contributed by atoms with Crippen LogP contribution in [-0.4, -0.2) is 48.4 Å². The van der Waals surface area contributed by atoms with E-state index < -0.39 is 9.84 Å². The molecule has 0 radical (unpaired) electrons. The first kappa shape index (κ1) is 21.0. The van der Waals surface area contributed by atoms with Crippen LogP contribution in [0, 0.1) is 0 Å². The Morgan fingerprint density at radius 1 is 1.03 bits per heavy atom. The number of carbonyl (C=O) groups excluding carboxylic acids is 1. The maximum atomic E-state index is 12.9. The van der Waals surface area contributed by atoms with E-state index in [0.29, 0.717) is 30.8 Å². The molecule has 1 aliphatic heterocycles. The number of rotatable bonds is 7. The van der Waals surface area contributed by atoms with Crippen molar-refractivity contribution in [2.45, 2.75) is 18.9 Å². The summed E-state index contributed by atoms with van der Waals surface area (Å²) in [5, 5.41) is 6.11. The summed E-state index contributed by atoms with van der Waals surface area (Å²) < 4.78 is 23.4. The molecule has 2 aromatic heterocycles. The van der Waals surface area contributed by atoms with E-state index in [-0.39, 0.29) is 23.5 Å². The fourth-order valence-electron chi connectivity index (χ4n) is 3.57. The lowest BCUT2D eigenvalue weighted by molar-refractivity contribution is 0.0941. The van der Waals surface area contributed by atoms with Gasteiger partial charge in [0.25, 0.3) is 5.91 Å². The van der Waals surface area contributed by atoms with E-state index in [2.05, 4.69) is 20.6 Å². The molecule has 1 saturated heterocycles. The number of pyridine rings is 2. The second-order valence-corrected chi connectivity index (χ2v) is 9.76. The minimum absolute atomic E-state index is 0.0172. The zero-order chi connectivity index (χ0) is 21.7. The first-order valence-corrected chi connectivity index (χ1v) is 12.0. The summed E-state index contributed by atoms with van der Waals surface area (Å²) in [5.41, 5.74) is 3.03. The van der Waals surface area contributed by atoms with Gasteiger partial charge in [0, 0.05) is 36.5 Å². The van der Waals surface area contributed by atoms with E-state index in [4.69, 9.17) is 0 Å². The maximum Gasteiger partial charge on any atom is 0.255 e. The number of amides is 1. The molecular weight excluding hydrogens is 412 g/mol. The normalized spacial score (nSPS) is 17.2. The van der Waals surface area contributed by atoms with Gasteiger partial charge in [-0.2, -0.15) is 0 Å². The van der Waals surface area contributed by atoms with E-state index in [1.165, 1.54) is 0 Å². The summed E-state index contributed by atoms with van der Waals surface area (Å²) in [6.45, 7) is 0.556. The Labute approximate surface area is 181 Å². The van der Waals surface area contributed by atoms with Crippen LogP contribution < -0.4 is 10.6 Å². The van der Waals surface area contributed by atoms with Gasteiger partial charge in [0.15, 0.2) is 9.84 Å². The van der Waals surface area contributed by atoms with Crippen molar-refractivity contribution in [3.8, 4) is 11.3 Å². The van der Waals surface area contributed by atoms with E-state index >= 15 is 0 Å². The van der Waals surface area contributed by atoms with Crippen molar-refractivity contribution < 1.29 is 13.2 Å². The largest absolute Gasteiger partial charge is 0.369 e. The summed E-state index contributed by atoms with van der Waals surface area (Å²) >= 11 is 0. The van der Waals surface area contributed by atoms with Gasteiger partial charge in [-0.25, -0.2) is 13.4 Å². The van der Waals surface area contributed by atoms with Crippen molar-refractivity contribution in [1.29, 1.82) is 0 Å². The van der Waals surface area contributed by atoms with Gasteiger partial charge in [0.05, 0.1) is 22.8 Å². The minimum Gasteiger partial charge on any atom is -0.369 e. The van der Waals surface area contributed by atoms with Gasteiger partial charge in [-0.15, -0.1) is 0 Å². The first-order chi connectivity index (χ1) is 15.0. The Morgan fingerprint density at radius 3 is 2.55 bits per heavy atom. The first-order valence-electron chi connectivity index (χ1n) is 10.2. The highest BCUT2D eigenvalue weighted by atomic mass is 32.2. The van der Waals surface area contributed by atoms with Gasteiger partial charge in [-0.1, -0.05) is 36.4 Å². The molecule has 0 aliphatic carbocycles. The fraction of sp³-hybridized carbons (Fsp3) is 0.261. The molecule has 1 atom stereocenters. The Hall–Kier alpha value is -3.26. The molecule has 3 aromatic rings. The van der Waals surface area contributed by atoms with E-state index in [1.54, 1.807) is 18.3 Å². The average molecular weight is 437 g/mol. The average Bonchev–Trinajstić information content (AvgIpc) is 3.13. The van der Waals surface area contributed by atoms with Crippen LogP contribution >= 0.6 is 0 Å². The predicted octanol–water partition coefficient (Wildman–Crippen LogP) is 2.72. The van der Waals surface area contributed by atoms with Crippen LogP contribution in [0.2, 0.25) is 0 Å². The highest BCUT2D eigenvalue weighted by Crippen LogP contribution is 2.22. The van der Waals surface area contributed by atoms with Crippen molar-refractivity contribution >= 4 is 21.6 Å². The van der Waals surface area contributed by atoms with Crippen molar-refractivity contribution in [2.75, 3.05) is 23.4 Å². The number of sulfone groups is 1. The number of nitrogens with one attached hydrogen (secondary N) is 2. The molecule has 0 bridgehead atoms. The highest BCUT2D eigenvalue weighted by molar-refractivity contribution is 7.91. The topological polar surface area (TPSA) is 101 Å². The molecule has 3 heterocycles. The van der Waals surface area contributed by atoms with Crippen LogP contribution in [0.4, 0.5) is 5.82 Å². The van der Waals surface area contributed by atoms with Crippen LogP contribution in [0.1, 0.15) is 22.5 Å². The number of hydrogen-bond donors (Lipinski definition) is 2. The number of benzene rings is 1. The summed E-state index contributed by atoms with van der Waals surface area (Å²) in [7, 11) is -3.07. The van der Waals surface area contributed by atoms with Crippen LogP contribution in [0.15, 0.2) is 66.9 Å². The van der Waals surface area contributed by atoms with E-state index in [0.717, 1.165) is 17.0 Å². The molecule has 0 saturated carbocycles. The molecule has 160 valence electrons. The molecule has 1 amide bonds. The Kier molecular flexibility index (Phi) is 6.27. The number of nitrogens with zero attached hydrogens (tertiary/aromatic N) is 2. The third-order valence-electron chi connectivity index (χ3n) is 5.18. The van der Waals surface area contributed by atoms with Crippen LogP contribution in [0.5, 0.6) is 0 Å². The molecular formula is C23H24N4O3S. The lowest BCUT2D eigenvalue weighted by Gasteiger charge is -2.15. The second kappa shape index (κ2) is 9.26. The van der Waals surface area contributed by atoms with Gasteiger partial charge in [-0.05, 0) is 30.7 Å². The van der Waals surface area contributed by atoms with E-state index in [9.17, 15) is 13.2 Å². The summed E-state index contributed by atoms with van der Waals surface area (Å²) in [5.74, 6) is 0.236. The van der Waals surface area contributed by atoms with Crippen molar-refractivity contribution in [3.63, 3.8) is 0 Å². The zero-order valence-electron chi connectivity index (χ0n) is 17.0. The summed E-state index contributed by atoms with van der Waals surface area (Å²) in [4.78, 5) is 21.9. The number of carbonyl (C=O) groups is 1. The highest BCUT2D eigenvalue weighted by Gasteiger charge is 2.29. The zero-order valence-corrected chi connectivity index (χ0v) is 17.8.